The van der Waals surface area contributed by atoms with E-state index in [0.717, 1.165) is 5.56 Å². The van der Waals surface area contributed by atoms with Crippen LogP contribution in [0.5, 0.6) is 0 Å². The SMILES string of the molecule is COCCNS(=O)(=O)c1ccc(C(=O)NCCc2ccc(F)c(Br)c2)cc1. The zero-order valence-corrected chi connectivity index (χ0v) is 17.1. The number of sulfonamides is 1. The fourth-order valence-electron chi connectivity index (χ4n) is 2.26. The zero-order chi connectivity index (χ0) is 19.9. The minimum atomic E-state index is -3.63. The Morgan fingerprint density at radius 1 is 1.15 bits per heavy atom. The van der Waals surface area contributed by atoms with Crippen molar-refractivity contribution in [3.05, 3.63) is 63.9 Å². The number of carbonyl (C=O) groups is 1. The molecule has 0 saturated carbocycles. The number of amides is 1. The van der Waals surface area contributed by atoms with Crippen LogP contribution in [0.25, 0.3) is 0 Å². The van der Waals surface area contributed by atoms with Crippen LogP contribution in [0.2, 0.25) is 0 Å². The van der Waals surface area contributed by atoms with Crippen LogP contribution in [0.15, 0.2) is 51.8 Å². The van der Waals surface area contributed by atoms with E-state index in [9.17, 15) is 17.6 Å². The number of ether oxygens (including phenoxy) is 1. The van der Waals surface area contributed by atoms with Crippen molar-refractivity contribution in [1.29, 1.82) is 0 Å². The van der Waals surface area contributed by atoms with Crippen LogP contribution in [0.1, 0.15) is 15.9 Å². The van der Waals surface area contributed by atoms with E-state index < -0.39 is 10.0 Å². The molecule has 2 aromatic rings. The van der Waals surface area contributed by atoms with E-state index in [1.165, 1.54) is 37.4 Å². The Labute approximate surface area is 166 Å². The first-order chi connectivity index (χ1) is 12.8. The van der Waals surface area contributed by atoms with Gasteiger partial charge in [-0.2, -0.15) is 0 Å². The monoisotopic (exact) mass is 458 g/mol. The normalized spacial score (nSPS) is 11.4. The Balaban J connectivity index is 1.90. The second-order valence-corrected chi connectivity index (χ2v) is 8.29. The van der Waals surface area contributed by atoms with Crippen molar-refractivity contribution in [3.63, 3.8) is 0 Å². The van der Waals surface area contributed by atoms with Crippen molar-refractivity contribution in [3.8, 4) is 0 Å². The molecule has 0 fully saturated rings. The number of rotatable bonds is 9. The molecule has 0 atom stereocenters. The molecule has 2 aromatic carbocycles. The number of nitrogens with one attached hydrogen (secondary N) is 2. The molecule has 6 nitrogen and oxygen atoms in total. The van der Waals surface area contributed by atoms with Gasteiger partial charge < -0.3 is 10.1 Å². The second-order valence-electron chi connectivity index (χ2n) is 5.67. The number of hydrogen-bond acceptors (Lipinski definition) is 4. The van der Waals surface area contributed by atoms with Gasteiger partial charge in [0.2, 0.25) is 10.0 Å². The number of halogens is 2. The van der Waals surface area contributed by atoms with Crippen molar-refractivity contribution < 1.29 is 22.3 Å². The van der Waals surface area contributed by atoms with Crippen LogP contribution >= 0.6 is 15.9 Å². The molecule has 146 valence electrons. The Hall–Kier alpha value is -1.81. The molecule has 0 bridgehead atoms. The van der Waals surface area contributed by atoms with Gasteiger partial charge in [0.05, 0.1) is 16.0 Å². The smallest absolute Gasteiger partial charge is 0.251 e. The predicted octanol–water partition coefficient (Wildman–Crippen LogP) is 2.49. The summed E-state index contributed by atoms with van der Waals surface area (Å²) in [7, 11) is -2.15. The number of hydrogen-bond donors (Lipinski definition) is 2. The lowest BCUT2D eigenvalue weighted by Crippen LogP contribution is -2.28. The van der Waals surface area contributed by atoms with E-state index in [1.54, 1.807) is 12.1 Å². The van der Waals surface area contributed by atoms with Crippen LogP contribution in [0, 0.1) is 5.82 Å². The van der Waals surface area contributed by atoms with Crippen molar-refractivity contribution in [1.82, 2.24) is 10.0 Å². The maximum absolute atomic E-state index is 13.2. The molecule has 27 heavy (non-hydrogen) atoms. The molecule has 2 rings (SSSR count). The third-order valence-corrected chi connectivity index (χ3v) is 5.79. The van der Waals surface area contributed by atoms with Crippen molar-refractivity contribution in [2.24, 2.45) is 0 Å². The Kier molecular flexibility index (Phi) is 7.91. The van der Waals surface area contributed by atoms with Gasteiger partial charge in [0.1, 0.15) is 5.82 Å². The quantitative estimate of drug-likeness (QED) is 0.565. The van der Waals surface area contributed by atoms with Gasteiger partial charge in [0.25, 0.3) is 5.91 Å². The van der Waals surface area contributed by atoms with Crippen LogP contribution in [-0.2, 0) is 21.2 Å². The Bertz CT molecular complexity index is 889. The lowest BCUT2D eigenvalue weighted by Gasteiger charge is -2.08. The second kappa shape index (κ2) is 9.93. The van der Waals surface area contributed by atoms with Crippen molar-refractivity contribution >= 4 is 31.9 Å². The number of benzene rings is 2. The maximum atomic E-state index is 13.2. The van der Waals surface area contributed by atoms with Crippen LogP contribution in [0.3, 0.4) is 0 Å². The van der Waals surface area contributed by atoms with Gasteiger partial charge >= 0.3 is 0 Å². The van der Waals surface area contributed by atoms with Gasteiger partial charge in [-0.15, -0.1) is 0 Å². The van der Waals surface area contributed by atoms with E-state index in [0.29, 0.717) is 23.0 Å². The summed E-state index contributed by atoms with van der Waals surface area (Å²) in [4.78, 5) is 12.2. The van der Waals surface area contributed by atoms with Gasteiger partial charge in [-0.25, -0.2) is 17.5 Å². The molecule has 0 aliphatic carbocycles. The third-order valence-electron chi connectivity index (χ3n) is 3.71. The molecule has 1 amide bonds. The Morgan fingerprint density at radius 2 is 1.85 bits per heavy atom. The summed E-state index contributed by atoms with van der Waals surface area (Å²) < 4.78 is 44.9. The summed E-state index contributed by atoms with van der Waals surface area (Å²) >= 11 is 3.12. The molecule has 0 saturated heterocycles. The van der Waals surface area contributed by atoms with Gasteiger partial charge in [-0.3, -0.25) is 4.79 Å². The standard InChI is InChI=1S/C18H20BrFN2O4S/c1-26-11-10-22-27(24,25)15-5-3-14(4-6-15)18(23)21-9-8-13-2-7-17(20)16(19)12-13/h2-7,12,22H,8-11H2,1H3,(H,21,23). The molecular formula is C18H20BrFN2O4S. The summed E-state index contributed by atoms with van der Waals surface area (Å²) in [6, 6.07) is 10.3. The third kappa shape index (κ3) is 6.39. The van der Waals surface area contributed by atoms with Gasteiger partial charge in [-0.05, 0) is 64.3 Å². The molecule has 0 aromatic heterocycles. The molecule has 0 spiro atoms. The highest BCUT2D eigenvalue weighted by Crippen LogP contribution is 2.17. The predicted molar refractivity (Wildman–Crippen MR) is 104 cm³/mol. The lowest BCUT2D eigenvalue weighted by molar-refractivity contribution is 0.0954. The summed E-state index contributed by atoms with van der Waals surface area (Å²) in [5.41, 5.74) is 1.23. The van der Waals surface area contributed by atoms with E-state index in [2.05, 4.69) is 26.0 Å². The Morgan fingerprint density at radius 3 is 2.48 bits per heavy atom. The molecule has 0 radical (unpaired) electrons. The average molecular weight is 459 g/mol. The van der Waals surface area contributed by atoms with Crippen molar-refractivity contribution in [2.75, 3.05) is 26.8 Å². The van der Waals surface area contributed by atoms with Gasteiger partial charge in [-0.1, -0.05) is 6.07 Å². The number of methoxy groups -OCH3 is 1. The molecule has 0 aliphatic rings. The summed E-state index contributed by atoms with van der Waals surface area (Å²) in [6.45, 7) is 0.806. The van der Waals surface area contributed by atoms with Crippen LogP contribution < -0.4 is 10.0 Å². The largest absolute Gasteiger partial charge is 0.383 e. The summed E-state index contributed by atoms with van der Waals surface area (Å²) in [6.07, 6.45) is 0.542. The van der Waals surface area contributed by atoms with Crippen LogP contribution in [-0.4, -0.2) is 41.1 Å². The van der Waals surface area contributed by atoms with E-state index in [1.807, 2.05) is 0 Å². The average Bonchev–Trinajstić information content (AvgIpc) is 2.65. The molecule has 2 N–H and O–H groups in total. The van der Waals surface area contributed by atoms with E-state index >= 15 is 0 Å². The maximum Gasteiger partial charge on any atom is 0.251 e. The highest BCUT2D eigenvalue weighted by molar-refractivity contribution is 9.10. The van der Waals surface area contributed by atoms with Crippen LogP contribution in [0.4, 0.5) is 4.39 Å². The summed E-state index contributed by atoms with van der Waals surface area (Å²) in [5, 5.41) is 2.75. The van der Waals surface area contributed by atoms with Gasteiger partial charge in [0.15, 0.2) is 0 Å². The fraction of sp³-hybridized carbons (Fsp3) is 0.278. The first-order valence-electron chi connectivity index (χ1n) is 8.14. The van der Waals surface area contributed by atoms with E-state index in [-0.39, 0.29) is 29.8 Å². The first-order valence-corrected chi connectivity index (χ1v) is 10.4. The zero-order valence-electron chi connectivity index (χ0n) is 14.7. The molecule has 0 unspecified atom stereocenters. The molecular weight excluding hydrogens is 439 g/mol. The van der Waals surface area contributed by atoms with E-state index in [4.69, 9.17) is 4.74 Å². The number of carbonyl (C=O) groups excluding carboxylic acids is 1. The summed E-state index contributed by atoms with van der Waals surface area (Å²) in [5.74, 6) is -0.651. The molecule has 0 aliphatic heterocycles. The fourth-order valence-corrected chi connectivity index (χ4v) is 3.70. The molecule has 9 heteroatoms. The van der Waals surface area contributed by atoms with Gasteiger partial charge in [0, 0.05) is 25.8 Å². The molecule has 0 heterocycles. The minimum absolute atomic E-state index is 0.0753. The highest BCUT2D eigenvalue weighted by Gasteiger charge is 2.14. The minimum Gasteiger partial charge on any atom is -0.383 e. The topological polar surface area (TPSA) is 84.5 Å². The highest BCUT2D eigenvalue weighted by atomic mass is 79.9. The van der Waals surface area contributed by atoms with Crippen molar-refractivity contribution in [2.45, 2.75) is 11.3 Å². The first kappa shape index (κ1) is 21.5. The lowest BCUT2D eigenvalue weighted by atomic mass is 10.1.